The molecule has 0 aliphatic rings. The van der Waals surface area contributed by atoms with Crippen LogP contribution in [0.15, 0.2) is 36.7 Å². The lowest BCUT2D eigenvalue weighted by atomic mass is 10.2. The standard InChI is InChI=1S/C16H16N8O/c1-11-13(9-24(2)21-11)10-25-15-5-3-14(4-6-15)18-8-12(7-17)16-19-22-23-20-16/h3-6,8-9,18H,10H2,1-2H3,(H,19,20,22,23). The molecule has 25 heavy (non-hydrogen) atoms. The number of benzene rings is 1. The Morgan fingerprint density at radius 1 is 1.40 bits per heavy atom. The van der Waals surface area contributed by atoms with Crippen LogP contribution in [-0.4, -0.2) is 30.4 Å². The zero-order valence-corrected chi connectivity index (χ0v) is 13.8. The number of anilines is 1. The number of tetrazole rings is 1. The summed E-state index contributed by atoms with van der Waals surface area (Å²) in [4.78, 5) is 0. The van der Waals surface area contributed by atoms with Crippen molar-refractivity contribution in [3.63, 3.8) is 0 Å². The number of ether oxygens (including phenoxy) is 1. The second-order valence-corrected chi connectivity index (χ2v) is 5.28. The quantitative estimate of drug-likeness (QED) is 0.659. The lowest BCUT2D eigenvalue weighted by Crippen LogP contribution is -1.96. The maximum Gasteiger partial charge on any atom is 0.216 e. The van der Waals surface area contributed by atoms with Gasteiger partial charge in [0.1, 0.15) is 24.0 Å². The van der Waals surface area contributed by atoms with E-state index in [1.54, 1.807) is 4.68 Å². The van der Waals surface area contributed by atoms with Gasteiger partial charge >= 0.3 is 0 Å². The topological polar surface area (TPSA) is 117 Å². The van der Waals surface area contributed by atoms with Gasteiger partial charge in [0.25, 0.3) is 0 Å². The first-order valence-electron chi connectivity index (χ1n) is 7.48. The molecule has 0 aliphatic heterocycles. The van der Waals surface area contributed by atoms with E-state index in [-0.39, 0.29) is 11.4 Å². The van der Waals surface area contributed by atoms with Crippen LogP contribution in [-0.2, 0) is 13.7 Å². The van der Waals surface area contributed by atoms with Crippen LogP contribution in [0, 0.1) is 18.3 Å². The van der Waals surface area contributed by atoms with Crippen molar-refractivity contribution >= 4 is 11.3 Å². The van der Waals surface area contributed by atoms with Gasteiger partial charge in [-0.05, 0) is 36.4 Å². The third-order valence-electron chi connectivity index (χ3n) is 3.45. The number of nitrogens with one attached hydrogen (secondary N) is 2. The van der Waals surface area contributed by atoms with Crippen LogP contribution in [0.2, 0.25) is 0 Å². The molecule has 0 saturated heterocycles. The van der Waals surface area contributed by atoms with E-state index < -0.39 is 0 Å². The molecule has 1 aromatic carbocycles. The van der Waals surface area contributed by atoms with Crippen molar-refractivity contribution < 1.29 is 4.74 Å². The van der Waals surface area contributed by atoms with Crippen LogP contribution >= 0.6 is 0 Å². The smallest absolute Gasteiger partial charge is 0.216 e. The zero-order chi connectivity index (χ0) is 17.6. The molecule has 126 valence electrons. The van der Waals surface area contributed by atoms with Crippen molar-refractivity contribution in [3.05, 3.63) is 53.7 Å². The van der Waals surface area contributed by atoms with Gasteiger partial charge in [0.2, 0.25) is 5.82 Å². The van der Waals surface area contributed by atoms with Gasteiger partial charge in [-0.1, -0.05) is 0 Å². The second-order valence-electron chi connectivity index (χ2n) is 5.28. The molecule has 0 saturated carbocycles. The number of nitriles is 1. The summed E-state index contributed by atoms with van der Waals surface area (Å²) < 4.78 is 7.53. The number of aromatic amines is 1. The number of allylic oxidation sites excluding steroid dienone is 1. The molecular weight excluding hydrogens is 320 g/mol. The molecule has 9 nitrogen and oxygen atoms in total. The lowest BCUT2D eigenvalue weighted by molar-refractivity contribution is 0.305. The molecule has 0 fully saturated rings. The zero-order valence-electron chi connectivity index (χ0n) is 13.8. The summed E-state index contributed by atoms with van der Waals surface area (Å²) in [7, 11) is 1.88. The van der Waals surface area contributed by atoms with Crippen LogP contribution in [0.5, 0.6) is 5.75 Å². The highest BCUT2D eigenvalue weighted by molar-refractivity contribution is 5.74. The Hall–Kier alpha value is -3.67. The van der Waals surface area contributed by atoms with Gasteiger partial charge in [0.05, 0.1) is 5.69 Å². The van der Waals surface area contributed by atoms with E-state index in [0.29, 0.717) is 6.61 Å². The third kappa shape index (κ3) is 4.00. The van der Waals surface area contributed by atoms with Crippen molar-refractivity contribution in [2.45, 2.75) is 13.5 Å². The SMILES string of the molecule is Cc1nn(C)cc1COc1ccc(NC=C(C#N)c2nn[nH]n2)cc1. The van der Waals surface area contributed by atoms with E-state index in [1.165, 1.54) is 6.20 Å². The maximum absolute atomic E-state index is 9.12. The normalized spacial score (nSPS) is 11.2. The van der Waals surface area contributed by atoms with E-state index in [1.807, 2.05) is 50.5 Å². The Labute approximate surface area is 143 Å². The minimum absolute atomic E-state index is 0.238. The fraction of sp³-hybridized carbons (Fsp3) is 0.188. The van der Waals surface area contributed by atoms with E-state index in [4.69, 9.17) is 10.00 Å². The fourth-order valence-corrected chi connectivity index (χ4v) is 2.18. The summed E-state index contributed by atoms with van der Waals surface area (Å²) in [6.07, 6.45) is 3.47. The Morgan fingerprint density at radius 3 is 2.80 bits per heavy atom. The highest BCUT2D eigenvalue weighted by atomic mass is 16.5. The Morgan fingerprint density at radius 2 is 2.20 bits per heavy atom. The Bertz CT molecular complexity index is 903. The number of aromatic nitrogens is 6. The predicted molar refractivity (Wildman–Crippen MR) is 90.1 cm³/mol. The summed E-state index contributed by atoms with van der Waals surface area (Å²) in [5.41, 5.74) is 3.09. The highest BCUT2D eigenvalue weighted by Gasteiger charge is 2.06. The first kappa shape index (κ1) is 16.2. The summed E-state index contributed by atoms with van der Waals surface area (Å²) in [6.45, 7) is 2.41. The molecular formula is C16H16N8O. The minimum atomic E-state index is 0.238. The Balaban J connectivity index is 1.60. The van der Waals surface area contributed by atoms with E-state index in [2.05, 4.69) is 31.0 Å². The number of aryl methyl sites for hydroxylation is 2. The predicted octanol–water partition coefficient (Wildman–Crippen LogP) is 1.80. The maximum atomic E-state index is 9.12. The van der Waals surface area contributed by atoms with Gasteiger partial charge in [0.15, 0.2) is 0 Å². The lowest BCUT2D eigenvalue weighted by Gasteiger charge is -2.07. The molecule has 3 rings (SSSR count). The number of H-pyrrole nitrogens is 1. The Kier molecular flexibility index (Phi) is 4.71. The molecule has 0 spiro atoms. The first-order chi connectivity index (χ1) is 12.2. The van der Waals surface area contributed by atoms with E-state index in [9.17, 15) is 0 Å². The number of hydrogen-bond donors (Lipinski definition) is 2. The van der Waals surface area contributed by atoms with Gasteiger partial charge in [-0.3, -0.25) is 4.68 Å². The largest absolute Gasteiger partial charge is 0.489 e. The number of rotatable bonds is 6. The van der Waals surface area contributed by atoms with Crippen molar-refractivity contribution in [2.75, 3.05) is 5.32 Å². The average Bonchev–Trinajstić information content (AvgIpc) is 3.24. The molecule has 0 unspecified atom stereocenters. The molecule has 3 aromatic rings. The first-order valence-corrected chi connectivity index (χ1v) is 7.48. The molecule has 0 amide bonds. The summed E-state index contributed by atoms with van der Waals surface area (Å²) in [5.74, 6) is 0.984. The monoisotopic (exact) mass is 336 g/mol. The van der Waals surface area contributed by atoms with Crippen LogP contribution < -0.4 is 10.1 Å². The molecule has 2 aromatic heterocycles. The molecule has 0 bridgehead atoms. The summed E-state index contributed by atoms with van der Waals surface area (Å²) >= 11 is 0. The highest BCUT2D eigenvalue weighted by Crippen LogP contribution is 2.18. The third-order valence-corrected chi connectivity index (χ3v) is 3.45. The van der Waals surface area contributed by atoms with Crippen molar-refractivity contribution in [2.24, 2.45) is 7.05 Å². The van der Waals surface area contributed by atoms with Gasteiger partial charge in [-0.2, -0.15) is 15.6 Å². The van der Waals surface area contributed by atoms with Crippen LogP contribution in [0.25, 0.3) is 5.57 Å². The molecule has 0 atom stereocenters. The van der Waals surface area contributed by atoms with Crippen molar-refractivity contribution in [3.8, 4) is 11.8 Å². The summed E-state index contributed by atoms with van der Waals surface area (Å²) in [5, 5.41) is 29.7. The van der Waals surface area contributed by atoms with Crippen LogP contribution in [0.4, 0.5) is 5.69 Å². The van der Waals surface area contributed by atoms with Gasteiger partial charge in [-0.25, -0.2) is 0 Å². The van der Waals surface area contributed by atoms with Gasteiger partial charge < -0.3 is 10.1 Å². The molecule has 0 radical (unpaired) electrons. The second kappa shape index (κ2) is 7.27. The van der Waals surface area contributed by atoms with Gasteiger partial charge in [-0.15, -0.1) is 10.2 Å². The molecule has 2 heterocycles. The van der Waals surface area contributed by atoms with Crippen LogP contribution in [0.3, 0.4) is 0 Å². The molecule has 0 aliphatic carbocycles. The van der Waals surface area contributed by atoms with E-state index in [0.717, 1.165) is 22.7 Å². The fourth-order valence-electron chi connectivity index (χ4n) is 2.18. The minimum Gasteiger partial charge on any atom is -0.489 e. The number of hydrogen-bond acceptors (Lipinski definition) is 7. The van der Waals surface area contributed by atoms with Crippen LogP contribution in [0.1, 0.15) is 17.1 Å². The average molecular weight is 336 g/mol. The molecule has 9 heteroatoms. The van der Waals surface area contributed by atoms with Gasteiger partial charge in [0, 0.05) is 30.7 Å². The number of nitrogens with zero attached hydrogens (tertiary/aromatic N) is 6. The summed E-state index contributed by atoms with van der Waals surface area (Å²) in [6, 6.07) is 9.42. The van der Waals surface area contributed by atoms with Crippen molar-refractivity contribution in [1.29, 1.82) is 5.26 Å². The molecule has 2 N–H and O–H groups in total. The van der Waals surface area contributed by atoms with Crippen molar-refractivity contribution in [1.82, 2.24) is 30.4 Å². The van der Waals surface area contributed by atoms with E-state index >= 15 is 0 Å².